The average molecular weight is 198 g/mol. The summed E-state index contributed by atoms with van der Waals surface area (Å²) in [7, 11) is 2.13. The molecule has 0 radical (unpaired) electrons. The van der Waals surface area contributed by atoms with E-state index in [-0.39, 0.29) is 11.7 Å². The SMILES string of the molecule is CC1OC2(CCN(C)CC2)C/C1=N/O. The van der Waals surface area contributed by atoms with Crippen molar-refractivity contribution in [3.63, 3.8) is 0 Å². The summed E-state index contributed by atoms with van der Waals surface area (Å²) in [5.41, 5.74) is 0.766. The minimum atomic E-state index is -0.0342. The predicted molar refractivity (Wildman–Crippen MR) is 53.8 cm³/mol. The first-order valence-electron chi connectivity index (χ1n) is 5.22. The van der Waals surface area contributed by atoms with Crippen molar-refractivity contribution in [1.29, 1.82) is 0 Å². The molecule has 0 aromatic rings. The summed E-state index contributed by atoms with van der Waals surface area (Å²) in [6.45, 7) is 4.11. The minimum Gasteiger partial charge on any atom is -0.411 e. The van der Waals surface area contributed by atoms with Crippen molar-refractivity contribution in [2.75, 3.05) is 20.1 Å². The number of nitrogens with zero attached hydrogens (tertiary/aromatic N) is 2. The minimum absolute atomic E-state index is 0.0107. The van der Waals surface area contributed by atoms with Crippen molar-refractivity contribution in [3.05, 3.63) is 0 Å². The van der Waals surface area contributed by atoms with E-state index in [0.29, 0.717) is 0 Å². The van der Waals surface area contributed by atoms with Gasteiger partial charge < -0.3 is 14.8 Å². The highest BCUT2D eigenvalue weighted by molar-refractivity contribution is 5.90. The largest absolute Gasteiger partial charge is 0.411 e. The summed E-state index contributed by atoms with van der Waals surface area (Å²) in [6.07, 6.45) is 2.89. The molecular weight excluding hydrogens is 180 g/mol. The van der Waals surface area contributed by atoms with Crippen molar-refractivity contribution in [2.45, 2.75) is 37.9 Å². The first-order chi connectivity index (χ1) is 6.65. The maximum atomic E-state index is 8.80. The van der Waals surface area contributed by atoms with Crippen LogP contribution in [0, 0.1) is 0 Å². The third kappa shape index (κ3) is 1.64. The van der Waals surface area contributed by atoms with E-state index < -0.39 is 0 Å². The van der Waals surface area contributed by atoms with Crippen LogP contribution in [-0.4, -0.2) is 47.7 Å². The maximum Gasteiger partial charge on any atom is 0.0969 e. The molecule has 0 aromatic carbocycles. The summed E-state index contributed by atoms with van der Waals surface area (Å²) in [5, 5.41) is 12.1. The fourth-order valence-corrected chi connectivity index (χ4v) is 2.40. The molecule has 1 N–H and O–H groups in total. The number of rotatable bonds is 0. The first-order valence-corrected chi connectivity index (χ1v) is 5.22. The fraction of sp³-hybridized carbons (Fsp3) is 0.900. The van der Waals surface area contributed by atoms with E-state index in [0.717, 1.165) is 38.1 Å². The van der Waals surface area contributed by atoms with Gasteiger partial charge in [0.15, 0.2) is 0 Å². The van der Waals surface area contributed by atoms with E-state index in [2.05, 4.69) is 17.1 Å². The molecule has 80 valence electrons. The van der Waals surface area contributed by atoms with E-state index in [1.165, 1.54) is 0 Å². The van der Waals surface area contributed by atoms with Gasteiger partial charge in [-0.25, -0.2) is 0 Å². The Balaban J connectivity index is 2.06. The Labute approximate surface area is 84.5 Å². The number of hydrogen-bond acceptors (Lipinski definition) is 4. The van der Waals surface area contributed by atoms with Gasteiger partial charge in [-0.15, -0.1) is 0 Å². The third-order valence-electron chi connectivity index (χ3n) is 3.43. The van der Waals surface area contributed by atoms with Crippen molar-refractivity contribution in [1.82, 2.24) is 4.90 Å². The molecule has 0 aliphatic carbocycles. The van der Waals surface area contributed by atoms with Gasteiger partial charge >= 0.3 is 0 Å². The summed E-state index contributed by atoms with van der Waals surface area (Å²) in [6, 6.07) is 0. The van der Waals surface area contributed by atoms with Crippen molar-refractivity contribution >= 4 is 5.71 Å². The van der Waals surface area contributed by atoms with E-state index >= 15 is 0 Å². The smallest absolute Gasteiger partial charge is 0.0969 e. The van der Waals surface area contributed by atoms with Crippen LogP contribution in [-0.2, 0) is 4.74 Å². The van der Waals surface area contributed by atoms with Crippen molar-refractivity contribution < 1.29 is 9.94 Å². The lowest BCUT2D eigenvalue weighted by atomic mass is 9.88. The molecule has 2 aliphatic rings. The second-order valence-corrected chi connectivity index (χ2v) is 4.51. The summed E-state index contributed by atoms with van der Waals surface area (Å²) < 4.78 is 5.92. The highest BCUT2D eigenvalue weighted by Crippen LogP contribution is 2.37. The Morgan fingerprint density at radius 2 is 2.14 bits per heavy atom. The van der Waals surface area contributed by atoms with Gasteiger partial charge in [0.05, 0.1) is 17.4 Å². The molecule has 14 heavy (non-hydrogen) atoms. The standard InChI is InChI=1S/C10H18N2O2/c1-8-9(11-13)7-10(14-8)3-5-12(2)6-4-10/h8,13H,3-7H2,1-2H3/b11-9-. The molecule has 1 atom stereocenters. The fourth-order valence-electron chi connectivity index (χ4n) is 2.40. The van der Waals surface area contributed by atoms with Gasteiger partial charge in [-0.3, -0.25) is 0 Å². The molecule has 2 aliphatic heterocycles. The van der Waals surface area contributed by atoms with Gasteiger partial charge in [-0.05, 0) is 26.8 Å². The van der Waals surface area contributed by atoms with Crippen molar-refractivity contribution in [2.24, 2.45) is 5.16 Å². The van der Waals surface area contributed by atoms with Crippen LogP contribution in [0.5, 0.6) is 0 Å². The first kappa shape index (κ1) is 9.93. The third-order valence-corrected chi connectivity index (χ3v) is 3.43. The molecule has 0 saturated carbocycles. The Morgan fingerprint density at radius 3 is 2.64 bits per heavy atom. The van der Waals surface area contributed by atoms with Gasteiger partial charge in [0.2, 0.25) is 0 Å². The summed E-state index contributed by atoms with van der Waals surface area (Å²) in [4.78, 5) is 2.31. The zero-order valence-corrected chi connectivity index (χ0v) is 8.86. The average Bonchev–Trinajstić information content (AvgIpc) is 2.49. The van der Waals surface area contributed by atoms with E-state index in [4.69, 9.17) is 9.94 Å². The molecular formula is C10H18N2O2. The molecule has 2 heterocycles. The van der Waals surface area contributed by atoms with E-state index in [1.807, 2.05) is 6.92 Å². The topological polar surface area (TPSA) is 45.1 Å². The van der Waals surface area contributed by atoms with Crippen LogP contribution in [0.15, 0.2) is 5.16 Å². The van der Waals surface area contributed by atoms with Gasteiger partial charge in [-0.1, -0.05) is 5.16 Å². The Kier molecular flexibility index (Phi) is 2.49. The number of hydrogen-bond donors (Lipinski definition) is 1. The van der Waals surface area contributed by atoms with Gasteiger partial charge in [0.1, 0.15) is 0 Å². The number of piperidine rings is 1. The lowest BCUT2D eigenvalue weighted by molar-refractivity contribution is -0.0657. The van der Waals surface area contributed by atoms with Crippen LogP contribution in [0.25, 0.3) is 0 Å². The number of likely N-dealkylation sites (tertiary alicyclic amines) is 1. The van der Waals surface area contributed by atoms with Crippen LogP contribution in [0.2, 0.25) is 0 Å². The molecule has 4 heteroatoms. The Hall–Kier alpha value is -0.610. The number of ether oxygens (including phenoxy) is 1. The lowest BCUT2D eigenvalue weighted by Crippen LogP contribution is -2.42. The van der Waals surface area contributed by atoms with Gasteiger partial charge in [0, 0.05) is 19.5 Å². The second kappa shape index (κ2) is 3.51. The van der Waals surface area contributed by atoms with Crippen LogP contribution in [0.3, 0.4) is 0 Å². The zero-order chi connectivity index (χ0) is 10.2. The van der Waals surface area contributed by atoms with Crippen LogP contribution >= 0.6 is 0 Å². The van der Waals surface area contributed by atoms with Crippen LogP contribution in [0.4, 0.5) is 0 Å². The molecule has 2 saturated heterocycles. The molecule has 2 rings (SSSR count). The normalized spacial score (nSPS) is 35.6. The predicted octanol–water partition coefficient (Wildman–Crippen LogP) is 1.09. The van der Waals surface area contributed by atoms with Crippen LogP contribution < -0.4 is 0 Å². The monoisotopic (exact) mass is 198 g/mol. The molecule has 0 bridgehead atoms. The maximum absolute atomic E-state index is 8.80. The van der Waals surface area contributed by atoms with Gasteiger partial charge in [-0.2, -0.15) is 0 Å². The van der Waals surface area contributed by atoms with Crippen LogP contribution in [0.1, 0.15) is 26.2 Å². The zero-order valence-electron chi connectivity index (χ0n) is 8.86. The molecule has 1 spiro atoms. The molecule has 0 aromatic heterocycles. The summed E-state index contributed by atoms with van der Waals surface area (Å²) in [5.74, 6) is 0. The Morgan fingerprint density at radius 1 is 1.50 bits per heavy atom. The van der Waals surface area contributed by atoms with E-state index in [9.17, 15) is 0 Å². The quantitative estimate of drug-likeness (QED) is 0.468. The lowest BCUT2D eigenvalue weighted by Gasteiger charge is -2.36. The molecule has 4 nitrogen and oxygen atoms in total. The van der Waals surface area contributed by atoms with E-state index in [1.54, 1.807) is 0 Å². The summed E-state index contributed by atoms with van der Waals surface area (Å²) >= 11 is 0. The van der Waals surface area contributed by atoms with Crippen molar-refractivity contribution in [3.8, 4) is 0 Å². The highest BCUT2D eigenvalue weighted by atomic mass is 16.5. The Bertz CT molecular complexity index is 245. The molecule has 2 fully saturated rings. The van der Waals surface area contributed by atoms with Gasteiger partial charge in [0.25, 0.3) is 0 Å². The number of oxime groups is 1. The molecule has 0 amide bonds. The molecule has 1 unspecified atom stereocenters. The highest BCUT2D eigenvalue weighted by Gasteiger charge is 2.44. The second-order valence-electron chi connectivity index (χ2n) is 4.51.